The molecule has 0 aromatic heterocycles. The number of hydrogen-bond donors (Lipinski definition) is 4. The molecule has 4 N–H and O–H groups in total. The van der Waals surface area contributed by atoms with Crippen molar-refractivity contribution in [2.75, 3.05) is 34.3 Å². The van der Waals surface area contributed by atoms with Crippen molar-refractivity contribution in [1.82, 2.24) is 0 Å². The molecule has 12 nitrogen and oxygen atoms in total. The fraction of sp³-hybridized carbons (Fsp3) is 0.0952. The molecule has 6 aromatic carbocycles. The van der Waals surface area contributed by atoms with E-state index in [2.05, 4.69) is 20.1 Å². The van der Waals surface area contributed by atoms with Crippen molar-refractivity contribution in [2.24, 2.45) is 0 Å². The molecule has 0 heterocycles. The molecule has 0 aliphatic carbocycles. The number of carbonyl (C=O) groups is 2. The topological polar surface area (TPSA) is 169 Å². The van der Waals surface area contributed by atoms with Crippen LogP contribution in [0.1, 0.15) is 31.8 Å². The third-order valence-corrected chi connectivity index (χ3v) is 11.6. The smallest absolute Gasteiger partial charge is 0.261 e. The van der Waals surface area contributed by atoms with Crippen LogP contribution >= 0.6 is 0 Å². The van der Waals surface area contributed by atoms with Crippen molar-refractivity contribution in [3.63, 3.8) is 0 Å². The summed E-state index contributed by atoms with van der Waals surface area (Å²) in [5.41, 5.74) is 5.51. The van der Waals surface area contributed by atoms with Crippen molar-refractivity contribution in [3.05, 3.63) is 156 Å². The quantitative estimate of drug-likeness (QED) is 0.0910. The Morgan fingerprint density at radius 2 is 0.857 bits per heavy atom. The molecule has 286 valence electrons. The van der Waals surface area contributed by atoms with Gasteiger partial charge in [0.15, 0.2) is 0 Å². The first-order chi connectivity index (χ1) is 26.7. The minimum atomic E-state index is -3.90. The van der Waals surface area contributed by atoms with E-state index in [9.17, 15) is 26.4 Å². The van der Waals surface area contributed by atoms with Gasteiger partial charge in [0.1, 0.15) is 11.5 Å². The number of nitrogens with one attached hydrogen (secondary N) is 4. The Morgan fingerprint density at radius 3 is 1.20 bits per heavy atom. The summed E-state index contributed by atoms with van der Waals surface area (Å²) in [6.45, 7) is 3.73. The van der Waals surface area contributed by atoms with E-state index in [1.165, 1.54) is 50.6 Å². The normalized spacial score (nSPS) is 11.3. The van der Waals surface area contributed by atoms with E-state index >= 15 is 0 Å². The Hall–Kier alpha value is -6.64. The van der Waals surface area contributed by atoms with Crippen molar-refractivity contribution < 1.29 is 35.9 Å². The minimum absolute atomic E-state index is 0.0518. The lowest BCUT2D eigenvalue weighted by Gasteiger charge is -2.14. The molecule has 0 saturated carbocycles. The molecule has 2 amide bonds. The summed E-state index contributed by atoms with van der Waals surface area (Å²) in [4.78, 5) is 26.6. The first-order valence-electron chi connectivity index (χ1n) is 17.1. The maximum Gasteiger partial charge on any atom is 0.261 e. The SMILES string of the molecule is COc1ccc(S(=O)(=O)Nc2cccc(C(=O)Nc3ccc(-c4ccc(NC(=O)c5cccc(NS(=O)(=O)c6ccc(OC)cc6)c5)c(C)c4)cc3C)c2)cc1. The lowest BCUT2D eigenvalue weighted by atomic mass is 9.99. The van der Waals surface area contributed by atoms with Gasteiger partial charge in [0, 0.05) is 33.9 Å². The molecule has 56 heavy (non-hydrogen) atoms. The number of anilines is 4. The van der Waals surface area contributed by atoms with Crippen LogP contribution < -0.4 is 29.6 Å². The molecular formula is C42H38N4O8S2. The highest BCUT2D eigenvalue weighted by molar-refractivity contribution is 7.93. The molecule has 0 atom stereocenters. The fourth-order valence-corrected chi connectivity index (χ4v) is 7.84. The Kier molecular flexibility index (Phi) is 11.4. The molecule has 0 radical (unpaired) electrons. The molecule has 0 spiro atoms. The zero-order valence-corrected chi connectivity index (χ0v) is 32.4. The third-order valence-electron chi connectivity index (χ3n) is 8.78. The van der Waals surface area contributed by atoms with E-state index < -0.39 is 31.9 Å². The van der Waals surface area contributed by atoms with E-state index in [0.717, 1.165) is 22.3 Å². The lowest BCUT2D eigenvalue weighted by molar-refractivity contribution is 0.101. The molecule has 0 aliphatic rings. The van der Waals surface area contributed by atoms with Gasteiger partial charge in [-0.1, -0.05) is 24.3 Å². The summed E-state index contributed by atoms with van der Waals surface area (Å²) in [5.74, 6) is 0.225. The maximum absolute atomic E-state index is 13.2. The zero-order chi connectivity index (χ0) is 40.0. The van der Waals surface area contributed by atoms with Crippen LogP contribution in [-0.2, 0) is 20.0 Å². The van der Waals surface area contributed by atoms with E-state index in [4.69, 9.17) is 9.47 Å². The summed E-state index contributed by atoms with van der Waals surface area (Å²) >= 11 is 0. The highest BCUT2D eigenvalue weighted by atomic mass is 32.2. The predicted molar refractivity (Wildman–Crippen MR) is 218 cm³/mol. The van der Waals surface area contributed by atoms with Crippen LogP contribution in [0.5, 0.6) is 11.5 Å². The Morgan fingerprint density at radius 1 is 0.482 bits per heavy atom. The largest absolute Gasteiger partial charge is 0.497 e. The summed E-state index contributed by atoms with van der Waals surface area (Å²) < 4.78 is 66.9. The van der Waals surface area contributed by atoms with Crippen LogP contribution in [0.2, 0.25) is 0 Å². The summed E-state index contributed by atoms with van der Waals surface area (Å²) in [6, 6.07) is 35.5. The standard InChI is InChI=1S/C42H38N4O8S2/c1-27-23-29(11-21-39(27)43-41(47)31-7-5-9-33(25-31)45-55(49,50)37-17-13-35(53-3)14-18-37)30-12-22-40(28(2)24-30)44-42(48)32-8-6-10-34(26-32)46-56(51,52)38-19-15-36(54-4)16-20-38/h5-26,45-46H,1-4H3,(H,43,47)(H,44,48). The van der Waals surface area contributed by atoms with Gasteiger partial charge in [-0.25, -0.2) is 16.8 Å². The predicted octanol–water partition coefficient (Wildman–Crippen LogP) is 8.09. The van der Waals surface area contributed by atoms with Crippen molar-refractivity contribution in [3.8, 4) is 22.6 Å². The number of carbonyl (C=O) groups excluding carboxylic acids is 2. The first kappa shape index (κ1) is 39.1. The van der Waals surface area contributed by atoms with Crippen LogP contribution in [0.3, 0.4) is 0 Å². The number of ether oxygens (including phenoxy) is 2. The van der Waals surface area contributed by atoms with Crippen molar-refractivity contribution in [2.45, 2.75) is 23.6 Å². The average Bonchev–Trinajstić information content (AvgIpc) is 3.19. The van der Waals surface area contributed by atoms with E-state index in [-0.39, 0.29) is 32.3 Å². The molecule has 0 saturated heterocycles. The average molecular weight is 791 g/mol. The number of sulfonamides is 2. The van der Waals surface area contributed by atoms with E-state index in [1.54, 1.807) is 72.8 Å². The Labute approximate surface area is 325 Å². The summed E-state index contributed by atoms with van der Waals surface area (Å²) in [5, 5.41) is 5.81. The Bertz CT molecular complexity index is 2460. The number of amides is 2. The van der Waals surface area contributed by atoms with Crippen LogP contribution in [-0.4, -0.2) is 42.9 Å². The highest BCUT2D eigenvalue weighted by Crippen LogP contribution is 2.29. The number of benzene rings is 6. The number of rotatable bonds is 13. The molecule has 0 aliphatic heterocycles. The molecule has 14 heteroatoms. The van der Waals surface area contributed by atoms with Gasteiger partial charge < -0.3 is 20.1 Å². The second-order valence-corrected chi connectivity index (χ2v) is 16.1. The van der Waals surface area contributed by atoms with Crippen LogP contribution in [0, 0.1) is 13.8 Å². The van der Waals surface area contributed by atoms with Crippen LogP contribution in [0.25, 0.3) is 11.1 Å². The van der Waals surface area contributed by atoms with E-state index in [1.807, 2.05) is 38.1 Å². The number of methoxy groups -OCH3 is 2. The molecule has 6 aromatic rings. The zero-order valence-electron chi connectivity index (χ0n) is 30.8. The van der Waals surface area contributed by atoms with Gasteiger partial charge in [-0.05, 0) is 145 Å². The minimum Gasteiger partial charge on any atom is -0.497 e. The second-order valence-electron chi connectivity index (χ2n) is 12.7. The van der Waals surface area contributed by atoms with Crippen molar-refractivity contribution in [1.29, 1.82) is 0 Å². The van der Waals surface area contributed by atoms with Crippen molar-refractivity contribution >= 4 is 54.6 Å². The third kappa shape index (κ3) is 9.17. The fourth-order valence-electron chi connectivity index (χ4n) is 5.74. The van der Waals surface area contributed by atoms with Gasteiger partial charge in [0.25, 0.3) is 31.9 Å². The molecule has 6 rings (SSSR count). The van der Waals surface area contributed by atoms with Gasteiger partial charge in [-0.2, -0.15) is 0 Å². The van der Waals surface area contributed by atoms with Crippen LogP contribution in [0.15, 0.2) is 143 Å². The molecule has 0 fully saturated rings. The molecular weight excluding hydrogens is 753 g/mol. The van der Waals surface area contributed by atoms with Gasteiger partial charge in [-0.15, -0.1) is 0 Å². The van der Waals surface area contributed by atoms with Crippen LogP contribution in [0.4, 0.5) is 22.7 Å². The van der Waals surface area contributed by atoms with Gasteiger partial charge in [0.05, 0.1) is 24.0 Å². The van der Waals surface area contributed by atoms with Gasteiger partial charge in [0.2, 0.25) is 0 Å². The summed E-state index contributed by atoms with van der Waals surface area (Å²) in [7, 11) is -4.82. The Balaban J connectivity index is 1.09. The monoisotopic (exact) mass is 790 g/mol. The molecule has 0 bridgehead atoms. The number of hydrogen-bond acceptors (Lipinski definition) is 8. The lowest BCUT2D eigenvalue weighted by Crippen LogP contribution is -2.15. The number of aryl methyl sites for hydroxylation is 2. The highest BCUT2D eigenvalue weighted by Gasteiger charge is 2.18. The van der Waals surface area contributed by atoms with Gasteiger partial charge in [-0.3, -0.25) is 19.0 Å². The van der Waals surface area contributed by atoms with E-state index in [0.29, 0.717) is 22.9 Å². The maximum atomic E-state index is 13.2. The van der Waals surface area contributed by atoms with Gasteiger partial charge >= 0.3 is 0 Å². The summed E-state index contributed by atoms with van der Waals surface area (Å²) in [6.07, 6.45) is 0. The second kappa shape index (κ2) is 16.4. The molecule has 0 unspecified atom stereocenters. The first-order valence-corrected chi connectivity index (χ1v) is 20.1.